The van der Waals surface area contributed by atoms with Gasteiger partial charge in [-0.2, -0.15) is 5.11 Å². The first-order chi connectivity index (χ1) is 18.0. The molecule has 2 unspecified atom stereocenters. The minimum atomic E-state index is -3.61. The fourth-order valence-corrected chi connectivity index (χ4v) is 4.92. The van der Waals surface area contributed by atoms with Gasteiger partial charge in [0.2, 0.25) is 0 Å². The Morgan fingerprint density at radius 1 is 0.974 bits per heavy atom. The third kappa shape index (κ3) is 9.45. The minimum absolute atomic E-state index is 0.102. The number of nitrogens with zero attached hydrogens (tertiary/aromatic N) is 4. The summed E-state index contributed by atoms with van der Waals surface area (Å²) < 4.78 is 25.7. The second-order valence-electron chi connectivity index (χ2n) is 8.97. The Bertz CT molecular complexity index is 1150. The van der Waals surface area contributed by atoms with Gasteiger partial charge in [-0.25, -0.2) is 13.4 Å². The number of pyridine rings is 1. The third-order valence-electron chi connectivity index (χ3n) is 5.45. The molecule has 0 aliphatic carbocycles. The second kappa shape index (κ2) is 14.9. The maximum absolute atomic E-state index is 12.9. The van der Waals surface area contributed by atoms with Crippen molar-refractivity contribution in [3.8, 4) is 0 Å². The number of anilines is 3. The number of rotatable bonds is 16. The molecule has 0 fully saturated rings. The predicted octanol–water partition coefficient (Wildman–Crippen LogP) is 1.03. The lowest BCUT2D eigenvalue weighted by Crippen LogP contribution is -2.39. The van der Waals surface area contributed by atoms with Crippen LogP contribution in [0.3, 0.4) is 0 Å². The summed E-state index contributed by atoms with van der Waals surface area (Å²) in [6.07, 6.45) is -1.30. The average Bonchev–Trinajstić information content (AvgIpc) is 2.86. The summed E-state index contributed by atoms with van der Waals surface area (Å²) in [5.74, 6) is 0.535. The molecule has 0 spiro atoms. The first-order valence-electron chi connectivity index (χ1n) is 12.3. The van der Waals surface area contributed by atoms with Gasteiger partial charge in [0.15, 0.2) is 21.5 Å². The Kier molecular flexibility index (Phi) is 12.3. The van der Waals surface area contributed by atoms with Gasteiger partial charge in [0, 0.05) is 38.3 Å². The molecule has 1 heterocycles. The SMILES string of the molecule is Cc1c(N)c(NCCO)nc(NCCO)c1/N=N/c1ccc(S(=O)(=O)CCN(CC(C)O)CC(C)O)cc1. The number of hydrogen-bond acceptors (Lipinski definition) is 13. The highest BCUT2D eigenvalue weighted by atomic mass is 32.2. The van der Waals surface area contributed by atoms with Gasteiger partial charge in [0.05, 0.1) is 47.4 Å². The van der Waals surface area contributed by atoms with Crippen LogP contribution in [-0.4, -0.2) is 103 Å². The second-order valence-corrected chi connectivity index (χ2v) is 11.1. The van der Waals surface area contributed by atoms with Gasteiger partial charge < -0.3 is 36.8 Å². The number of nitrogen functional groups attached to an aromatic ring is 1. The van der Waals surface area contributed by atoms with Crippen molar-refractivity contribution in [1.29, 1.82) is 0 Å². The van der Waals surface area contributed by atoms with Crippen molar-refractivity contribution in [2.24, 2.45) is 10.2 Å². The van der Waals surface area contributed by atoms with Crippen molar-refractivity contribution in [1.82, 2.24) is 9.88 Å². The molecule has 8 N–H and O–H groups in total. The van der Waals surface area contributed by atoms with Crippen molar-refractivity contribution in [3.05, 3.63) is 29.8 Å². The van der Waals surface area contributed by atoms with Crippen molar-refractivity contribution in [3.63, 3.8) is 0 Å². The molecule has 0 aliphatic rings. The minimum Gasteiger partial charge on any atom is -0.395 e. The van der Waals surface area contributed by atoms with Crippen LogP contribution in [0.1, 0.15) is 19.4 Å². The van der Waals surface area contributed by atoms with E-state index in [2.05, 4.69) is 25.8 Å². The van der Waals surface area contributed by atoms with Crippen LogP contribution in [0.25, 0.3) is 0 Å². The van der Waals surface area contributed by atoms with Crippen LogP contribution >= 0.6 is 0 Å². The molecule has 1 aromatic carbocycles. The number of aliphatic hydroxyl groups is 4. The molecule has 13 nitrogen and oxygen atoms in total. The molecule has 2 atom stereocenters. The molecule has 1 aromatic heterocycles. The first kappa shape index (κ1) is 31.3. The van der Waals surface area contributed by atoms with Crippen LogP contribution in [0.15, 0.2) is 39.4 Å². The summed E-state index contributed by atoms with van der Waals surface area (Å²) >= 11 is 0. The van der Waals surface area contributed by atoms with Crippen LogP contribution in [-0.2, 0) is 9.84 Å². The number of aromatic nitrogens is 1. The van der Waals surface area contributed by atoms with Gasteiger partial charge in [-0.05, 0) is 45.0 Å². The molecule has 2 rings (SSSR count). The smallest absolute Gasteiger partial charge is 0.179 e. The fourth-order valence-electron chi connectivity index (χ4n) is 3.64. The zero-order chi connectivity index (χ0) is 28.3. The van der Waals surface area contributed by atoms with Gasteiger partial charge in [0.1, 0.15) is 5.69 Å². The summed E-state index contributed by atoms with van der Waals surface area (Å²) in [7, 11) is -3.61. The molecule has 14 heteroatoms. The number of aliphatic hydroxyl groups excluding tert-OH is 4. The van der Waals surface area contributed by atoms with E-state index in [1.165, 1.54) is 24.3 Å². The maximum atomic E-state index is 12.9. The normalized spacial score (nSPS) is 13.7. The Morgan fingerprint density at radius 3 is 2.05 bits per heavy atom. The lowest BCUT2D eigenvalue weighted by atomic mass is 10.2. The molecule has 0 amide bonds. The number of nitrogens with two attached hydrogens (primary N) is 1. The van der Waals surface area contributed by atoms with Gasteiger partial charge >= 0.3 is 0 Å². The molecule has 0 aliphatic heterocycles. The van der Waals surface area contributed by atoms with Crippen molar-refractivity contribution in [2.75, 3.05) is 68.1 Å². The first-order valence-corrected chi connectivity index (χ1v) is 14.0. The Morgan fingerprint density at radius 2 is 1.53 bits per heavy atom. The molecule has 0 radical (unpaired) electrons. The molecule has 0 bridgehead atoms. The van der Waals surface area contributed by atoms with E-state index >= 15 is 0 Å². The third-order valence-corrected chi connectivity index (χ3v) is 7.16. The van der Waals surface area contributed by atoms with Crippen molar-refractivity contribution in [2.45, 2.75) is 37.9 Å². The molecule has 212 valence electrons. The highest BCUT2D eigenvalue weighted by molar-refractivity contribution is 7.91. The van der Waals surface area contributed by atoms with E-state index in [0.717, 1.165) is 0 Å². The van der Waals surface area contributed by atoms with Crippen molar-refractivity contribution >= 4 is 38.5 Å². The lowest BCUT2D eigenvalue weighted by Gasteiger charge is -2.24. The highest BCUT2D eigenvalue weighted by Gasteiger charge is 2.19. The summed E-state index contributed by atoms with van der Waals surface area (Å²) in [5.41, 5.74) is 7.87. The van der Waals surface area contributed by atoms with Gasteiger partial charge in [0.25, 0.3) is 0 Å². The number of nitrogens with one attached hydrogen (secondary N) is 2. The molecular weight excluding hydrogens is 514 g/mol. The van der Waals surface area contributed by atoms with Crippen LogP contribution in [0.2, 0.25) is 0 Å². The quantitative estimate of drug-likeness (QED) is 0.146. The molecule has 0 saturated heterocycles. The van der Waals surface area contributed by atoms with E-state index in [4.69, 9.17) is 10.8 Å². The standard InChI is InChI=1S/C24H39N7O6S/c1-16(34)14-31(15-17(2)35)10-13-38(36,37)20-6-4-19(5-7-20)29-30-22-18(3)21(25)23(26-8-11-32)28-24(22)27-9-12-33/h4-7,16-17,32-35H,8-15,25H2,1-3H3,(H2,26,27,28)/b30-29+. The maximum Gasteiger partial charge on any atom is 0.179 e. The van der Waals surface area contributed by atoms with E-state index in [1.807, 2.05) is 0 Å². The number of benzene rings is 1. The van der Waals surface area contributed by atoms with Gasteiger partial charge in [-0.15, -0.1) is 5.11 Å². The van der Waals surface area contributed by atoms with Crippen molar-refractivity contribution < 1.29 is 28.8 Å². The molecule has 2 aromatic rings. The van der Waals surface area contributed by atoms with E-state index in [-0.39, 0.29) is 56.6 Å². The van der Waals surface area contributed by atoms with E-state index in [9.17, 15) is 23.7 Å². The van der Waals surface area contributed by atoms with E-state index in [1.54, 1.807) is 25.7 Å². The largest absolute Gasteiger partial charge is 0.395 e. The van der Waals surface area contributed by atoms with Crippen LogP contribution in [0.5, 0.6) is 0 Å². The number of hydrogen-bond donors (Lipinski definition) is 7. The van der Waals surface area contributed by atoms with Crippen LogP contribution < -0.4 is 16.4 Å². The number of sulfone groups is 1. The molecular formula is C24H39N7O6S. The van der Waals surface area contributed by atoms with Gasteiger partial charge in [-0.1, -0.05) is 0 Å². The van der Waals surface area contributed by atoms with Gasteiger partial charge in [-0.3, -0.25) is 4.90 Å². The summed E-state index contributed by atoms with van der Waals surface area (Å²) in [5, 5.41) is 52.0. The Balaban J connectivity index is 2.22. The zero-order valence-electron chi connectivity index (χ0n) is 22.0. The average molecular weight is 554 g/mol. The Labute approximate surface area is 223 Å². The van der Waals surface area contributed by atoms with E-state index < -0.39 is 22.0 Å². The number of azo groups is 1. The zero-order valence-corrected chi connectivity index (χ0v) is 22.8. The Hall–Kier alpha value is -2.88. The summed E-state index contributed by atoms with van der Waals surface area (Å²) in [6, 6.07) is 5.96. The highest BCUT2D eigenvalue weighted by Crippen LogP contribution is 2.36. The topological polar surface area (TPSA) is 206 Å². The monoisotopic (exact) mass is 553 g/mol. The summed E-state index contributed by atoms with van der Waals surface area (Å²) in [6.45, 7) is 5.88. The lowest BCUT2D eigenvalue weighted by molar-refractivity contribution is 0.0873. The fraction of sp³-hybridized carbons (Fsp3) is 0.542. The summed E-state index contributed by atoms with van der Waals surface area (Å²) in [4.78, 5) is 6.23. The van der Waals surface area contributed by atoms with E-state index in [0.29, 0.717) is 34.3 Å². The molecule has 0 saturated carbocycles. The van der Waals surface area contributed by atoms with Crippen LogP contribution in [0.4, 0.5) is 28.7 Å². The van der Waals surface area contributed by atoms with Crippen LogP contribution in [0, 0.1) is 6.92 Å². The molecule has 38 heavy (non-hydrogen) atoms. The predicted molar refractivity (Wildman–Crippen MR) is 147 cm³/mol.